The van der Waals surface area contributed by atoms with Crippen LogP contribution in [-0.2, 0) is 19.1 Å². The van der Waals surface area contributed by atoms with E-state index >= 15 is 0 Å². The topological polar surface area (TPSA) is 184 Å². The summed E-state index contributed by atoms with van der Waals surface area (Å²) in [5.41, 5.74) is 6.21. The molecule has 19 heteroatoms. The normalized spacial score (nSPS) is 17.4. The zero-order valence-corrected chi connectivity index (χ0v) is 40.9. The molecule has 1 aromatic heterocycles. The lowest BCUT2D eigenvalue weighted by molar-refractivity contribution is -0.135. The summed E-state index contributed by atoms with van der Waals surface area (Å²) in [6.07, 6.45) is 2.64. The summed E-state index contributed by atoms with van der Waals surface area (Å²) in [5.74, 6) is -0.202. The standard InChI is InChI=1S/C43H53N7O7.5H2S/c1-24(2)36(48-42(54)56-5)40(52)47-32-10-7-9-31(32)46-39(51)29-18-16-27(17-19-29)26-12-14-28(15-13-26)30-20-21-33-34(23-30)45-38(44-33)35-11-8-22-50(35)41(53)37(25(3)4)49-43(55)57-6;;;;;/h12-21,23-25,31-32,35-37H,7-11,22H2,1-6H3,(H,44,45)(H,46,51)(H,47,52)(H,48,54)(H,49,55);5*1H2/t31-,32-,35-,36-,37-;;;;;/m0...../s1. The van der Waals surface area contributed by atoms with Crippen LogP contribution in [0.2, 0.25) is 0 Å². The molecule has 1 saturated heterocycles. The van der Waals surface area contributed by atoms with Gasteiger partial charge in [-0.25, -0.2) is 14.6 Å². The quantitative estimate of drug-likeness (QED) is 0.105. The fourth-order valence-electron chi connectivity index (χ4n) is 7.78. The highest BCUT2D eigenvalue weighted by Crippen LogP contribution is 2.34. The first-order valence-electron chi connectivity index (χ1n) is 19.7. The second-order valence-electron chi connectivity index (χ2n) is 15.5. The number of nitrogens with zero attached hydrogens (tertiary/aromatic N) is 2. The zero-order valence-electron chi connectivity index (χ0n) is 35.9. The van der Waals surface area contributed by atoms with Crippen molar-refractivity contribution in [3.8, 4) is 22.3 Å². The molecule has 0 radical (unpaired) electrons. The van der Waals surface area contributed by atoms with Crippen LogP contribution in [0.4, 0.5) is 9.59 Å². The SMILES string of the molecule is COC(=O)N[C@H](C(=O)N[C@H]1CCC[C@@H]1NC(=O)c1ccc(-c2ccc(-c3ccc4nc([C@@H]5CCCN5C(=O)[C@@H](NC(=O)OC)C(C)C)[nH]c4c3)cc2)cc1)C(C)C.S.S.S.S.S. The number of ether oxygens (including phenoxy) is 2. The van der Waals surface area contributed by atoms with E-state index in [1.807, 2.05) is 69.0 Å². The number of methoxy groups -OCH3 is 2. The summed E-state index contributed by atoms with van der Waals surface area (Å²) >= 11 is 0. The van der Waals surface area contributed by atoms with Crippen LogP contribution in [0.5, 0.6) is 0 Å². The van der Waals surface area contributed by atoms with Gasteiger partial charge in [0, 0.05) is 24.2 Å². The Morgan fingerprint density at radius 3 is 1.71 bits per heavy atom. The first-order valence-corrected chi connectivity index (χ1v) is 19.7. The van der Waals surface area contributed by atoms with Gasteiger partial charge >= 0.3 is 12.2 Å². The van der Waals surface area contributed by atoms with Crippen LogP contribution in [0.15, 0.2) is 66.7 Å². The number of H-pyrrole nitrogens is 1. The highest BCUT2D eigenvalue weighted by molar-refractivity contribution is 7.60. The van der Waals surface area contributed by atoms with Crippen molar-refractivity contribution in [3.63, 3.8) is 0 Å². The van der Waals surface area contributed by atoms with Crippen LogP contribution in [0.3, 0.4) is 0 Å². The van der Waals surface area contributed by atoms with E-state index in [-0.39, 0.29) is 115 Å². The molecule has 1 aliphatic heterocycles. The maximum absolute atomic E-state index is 13.6. The summed E-state index contributed by atoms with van der Waals surface area (Å²) in [6.45, 7) is 8.07. The molecule has 0 bridgehead atoms. The third-order valence-electron chi connectivity index (χ3n) is 11.0. The summed E-state index contributed by atoms with van der Waals surface area (Å²) in [5, 5.41) is 11.4. The van der Waals surface area contributed by atoms with Gasteiger partial charge in [0.2, 0.25) is 11.8 Å². The minimum absolute atomic E-state index is 0. The highest BCUT2D eigenvalue weighted by atomic mass is 32.1. The van der Waals surface area contributed by atoms with E-state index in [9.17, 15) is 24.0 Å². The molecule has 4 aromatic rings. The molecule has 1 saturated carbocycles. The van der Waals surface area contributed by atoms with Gasteiger partial charge in [-0.1, -0.05) is 70.2 Å². The van der Waals surface area contributed by atoms with Gasteiger partial charge in [0.1, 0.15) is 17.9 Å². The predicted molar refractivity (Wildman–Crippen MR) is 268 cm³/mol. The molecule has 2 fully saturated rings. The Hall–Kier alpha value is -4.17. The van der Waals surface area contributed by atoms with Crippen molar-refractivity contribution in [2.75, 3.05) is 20.8 Å². The van der Waals surface area contributed by atoms with E-state index in [4.69, 9.17) is 9.72 Å². The molecule has 5 amide bonds. The van der Waals surface area contributed by atoms with E-state index in [0.717, 1.165) is 71.2 Å². The van der Waals surface area contributed by atoms with Crippen LogP contribution < -0.4 is 21.3 Å². The third kappa shape index (κ3) is 13.2. The Morgan fingerprint density at radius 2 is 1.16 bits per heavy atom. The maximum Gasteiger partial charge on any atom is 0.407 e. The van der Waals surface area contributed by atoms with E-state index in [0.29, 0.717) is 12.1 Å². The number of benzene rings is 3. The minimum atomic E-state index is -0.749. The maximum atomic E-state index is 13.6. The van der Waals surface area contributed by atoms with Gasteiger partial charge < -0.3 is 40.6 Å². The van der Waals surface area contributed by atoms with Gasteiger partial charge in [-0.2, -0.15) is 67.5 Å². The van der Waals surface area contributed by atoms with Crippen LogP contribution in [-0.4, -0.2) is 89.7 Å². The molecule has 2 aliphatic rings. The number of hydrogen-bond donors (Lipinski definition) is 5. The number of imidazole rings is 1. The fraction of sp³-hybridized carbons (Fsp3) is 0.442. The number of alkyl carbamates (subject to hydrolysis) is 2. The number of amides is 5. The lowest BCUT2D eigenvalue weighted by Crippen LogP contribution is -2.55. The lowest BCUT2D eigenvalue weighted by atomic mass is 9.99. The monoisotopic (exact) mass is 949 g/mol. The summed E-state index contributed by atoms with van der Waals surface area (Å²) in [4.78, 5) is 73.8. The van der Waals surface area contributed by atoms with Gasteiger partial charge in [-0.3, -0.25) is 14.4 Å². The van der Waals surface area contributed by atoms with Gasteiger partial charge in [0.05, 0.1) is 31.3 Å². The molecule has 342 valence electrons. The number of hydrogen-bond acceptors (Lipinski definition) is 8. The van der Waals surface area contributed by atoms with E-state index in [2.05, 4.69) is 49.2 Å². The second-order valence-corrected chi connectivity index (χ2v) is 15.5. The molecule has 0 unspecified atom stereocenters. The molecular formula is C43H63N7O7S5. The zero-order chi connectivity index (χ0) is 40.8. The molecule has 1 aliphatic carbocycles. The van der Waals surface area contributed by atoms with Gasteiger partial charge in [-0.05, 0) is 90.5 Å². The van der Waals surface area contributed by atoms with Crippen molar-refractivity contribution >= 4 is 108 Å². The fourth-order valence-corrected chi connectivity index (χ4v) is 7.78. The van der Waals surface area contributed by atoms with Crippen molar-refractivity contribution in [1.29, 1.82) is 0 Å². The average Bonchev–Trinajstić information content (AvgIpc) is 3.98. The van der Waals surface area contributed by atoms with Crippen molar-refractivity contribution in [2.24, 2.45) is 11.8 Å². The van der Waals surface area contributed by atoms with Crippen molar-refractivity contribution in [3.05, 3.63) is 78.1 Å². The van der Waals surface area contributed by atoms with Crippen LogP contribution in [0.25, 0.3) is 33.3 Å². The van der Waals surface area contributed by atoms with Crippen molar-refractivity contribution < 1.29 is 33.4 Å². The highest BCUT2D eigenvalue weighted by Gasteiger charge is 2.38. The Labute approximate surface area is 398 Å². The largest absolute Gasteiger partial charge is 0.453 e. The number of likely N-dealkylation sites (tertiary alicyclic amines) is 1. The minimum Gasteiger partial charge on any atom is -0.453 e. The van der Waals surface area contributed by atoms with Gasteiger partial charge in [0.25, 0.3) is 5.91 Å². The molecule has 62 heavy (non-hydrogen) atoms. The summed E-state index contributed by atoms with van der Waals surface area (Å²) in [6, 6.07) is 19.6. The van der Waals surface area contributed by atoms with Gasteiger partial charge in [0.15, 0.2) is 0 Å². The van der Waals surface area contributed by atoms with Crippen LogP contribution in [0, 0.1) is 11.8 Å². The van der Waals surface area contributed by atoms with E-state index in [1.165, 1.54) is 14.2 Å². The Kier molecular flexibility index (Phi) is 22.7. The molecular weight excluding hydrogens is 887 g/mol. The molecule has 2 heterocycles. The number of aromatic nitrogens is 2. The van der Waals surface area contributed by atoms with Crippen molar-refractivity contribution in [1.82, 2.24) is 36.1 Å². The molecule has 14 nitrogen and oxygen atoms in total. The molecule has 5 N–H and O–H groups in total. The lowest BCUT2D eigenvalue weighted by Gasteiger charge is -2.29. The van der Waals surface area contributed by atoms with Gasteiger partial charge in [-0.15, -0.1) is 0 Å². The summed E-state index contributed by atoms with van der Waals surface area (Å²) in [7, 11) is 2.54. The van der Waals surface area contributed by atoms with Crippen LogP contribution >= 0.6 is 67.5 Å². The average molecular weight is 950 g/mol. The Morgan fingerprint density at radius 1 is 0.661 bits per heavy atom. The predicted octanol–water partition coefficient (Wildman–Crippen LogP) is 6.65. The number of nitrogens with one attached hydrogen (secondary N) is 5. The van der Waals surface area contributed by atoms with E-state index < -0.39 is 24.3 Å². The molecule has 6 rings (SSSR count). The van der Waals surface area contributed by atoms with Crippen LogP contribution in [0.1, 0.15) is 82.0 Å². The van der Waals surface area contributed by atoms with E-state index in [1.54, 1.807) is 12.1 Å². The summed E-state index contributed by atoms with van der Waals surface area (Å²) < 4.78 is 9.44. The Balaban J connectivity index is 0.00000384. The molecule has 3 aromatic carbocycles. The Bertz CT molecular complexity index is 2100. The first kappa shape index (κ1) is 55.8. The number of rotatable bonds is 12. The number of aromatic amines is 1. The smallest absolute Gasteiger partial charge is 0.407 e. The first-order chi connectivity index (χ1) is 27.4. The second kappa shape index (κ2) is 25.2. The third-order valence-corrected chi connectivity index (χ3v) is 11.0. The molecule has 5 atom stereocenters. The number of carbonyl (C=O) groups excluding carboxylic acids is 5. The number of carbonyl (C=O) groups is 5. The molecule has 0 spiro atoms. The number of fused-ring (bicyclic) bond motifs is 1. The van der Waals surface area contributed by atoms with Crippen molar-refractivity contribution in [2.45, 2.75) is 90.0 Å².